The van der Waals surface area contributed by atoms with E-state index in [4.69, 9.17) is 0 Å². The minimum Gasteiger partial charge on any atom is -0.561 e. The summed E-state index contributed by atoms with van der Waals surface area (Å²) < 4.78 is 0. The van der Waals surface area contributed by atoms with E-state index in [1.807, 2.05) is 0 Å². The van der Waals surface area contributed by atoms with Gasteiger partial charge in [0, 0.05) is 0 Å². The molecule has 0 spiro atoms. The molecule has 0 heterocycles. The Morgan fingerprint density at radius 3 is 0.923 bits per heavy atom. The first kappa shape index (κ1) is 20.3. The Balaban J connectivity index is 2.49. The second-order valence-corrected chi connectivity index (χ2v) is 7.56. The molecule has 10 heteroatoms. The number of rotatable bonds is 4. The highest BCUT2D eigenvalue weighted by molar-refractivity contribution is 4.72. The maximum atomic E-state index is 12.9. The summed E-state index contributed by atoms with van der Waals surface area (Å²) in [7, 11) is 0. The number of nitrogens with zero attached hydrogens (tertiary/aromatic N) is 4. The van der Waals surface area contributed by atoms with Crippen LogP contribution in [-0.4, -0.2) is 30.9 Å². The molecule has 2 aliphatic rings. The van der Waals surface area contributed by atoms with Crippen LogP contribution in [0.2, 0.25) is 0 Å². The lowest BCUT2D eigenvalue weighted by Gasteiger charge is -2.26. The minimum absolute atomic E-state index is 0.0595. The van der Waals surface area contributed by atoms with E-state index in [0.29, 0.717) is 25.7 Å². The Labute approximate surface area is 152 Å². The molecule has 0 aliphatic heterocycles. The predicted octanol–water partition coefficient (Wildman–Crippen LogP) is 3.89. The Morgan fingerprint density at radius 2 is 0.692 bits per heavy atom. The SMILES string of the molecule is O=[N+]([O-])C1(/[N+]([O-])=[N+](\[O-])C2([N+](=O)[O-])CCCCCCC2)CCCCCCC1. The van der Waals surface area contributed by atoms with Crippen molar-refractivity contribution in [2.24, 2.45) is 0 Å². The van der Waals surface area contributed by atoms with Crippen molar-refractivity contribution < 1.29 is 19.6 Å². The number of hydroxylamine groups is 2. The predicted molar refractivity (Wildman–Crippen MR) is 91.3 cm³/mol. The molecule has 0 aromatic rings. The van der Waals surface area contributed by atoms with Crippen LogP contribution in [0.25, 0.3) is 0 Å². The van der Waals surface area contributed by atoms with Gasteiger partial charge in [0.15, 0.2) is 0 Å². The third-order valence-electron chi connectivity index (χ3n) is 5.87. The fourth-order valence-electron chi connectivity index (χ4n) is 4.17. The van der Waals surface area contributed by atoms with Gasteiger partial charge in [-0.25, -0.2) is 0 Å². The third kappa shape index (κ3) is 3.88. The molecule has 0 aromatic carbocycles. The first-order valence-corrected chi connectivity index (χ1v) is 9.60. The molecule has 26 heavy (non-hydrogen) atoms. The molecule has 148 valence electrons. The van der Waals surface area contributed by atoms with Gasteiger partial charge in [-0.1, -0.05) is 38.5 Å². The second-order valence-electron chi connectivity index (χ2n) is 7.56. The van der Waals surface area contributed by atoms with Crippen molar-refractivity contribution in [2.45, 2.75) is 101 Å². The molecule has 10 nitrogen and oxygen atoms in total. The zero-order chi connectivity index (χ0) is 19.2. The monoisotopic (exact) mass is 372 g/mol. The van der Waals surface area contributed by atoms with Crippen molar-refractivity contribution in [2.75, 3.05) is 0 Å². The van der Waals surface area contributed by atoms with Crippen molar-refractivity contribution in [3.05, 3.63) is 30.6 Å². The van der Waals surface area contributed by atoms with Crippen LogP contribution in [0.5, 0.6) is 0 Å². The zero-order valence-electron chi connectivity index (χ0n) is 15.1. The molecule has 0 aromatic heterocycles. The van der Waals surface area contributed by atoms with Gasteiger partial charge in [0.05, 0.1) is 25.7 Å². The van der Waals surface area contributed by atoms with Crippen molar-refractivity contribution in [1.82, 2.24) is 0 Å². The molecule has 0 bridgehead atoms. The first-order chi connectivity index (χ1) is 12.4. The third-order valence-corrected chi connectivity index (χ3v) is 5.87. The van der Waals surface area contributed by atoms with Crippen LogP contribution in [0.3, 0.4) is 0 Å². The molecule has 2 rings (SSSR count). The van der Waals surface area contributed by atoms with E-state index in [1.165, 1.54) is 0 Å². The maximum Gasteiger partial charge on any atom is 0.472 e. The van der Waals surface area contributed by atoms with Gasteiger partial charge in [-0.15, -0.1) is 0 Å². The van der Waals surface area contributed by atoms with Crippen LogP contribution in [0, 0.1) is 30.6 Å². The molecule has 0 unspecified atom stereocenters. The molecule has 2 saturated carbocycles. The van der Waals surface area contributed by atoms with Crippen LogP contribution in [0.4, 0.5) is 0 Å². The smallest absolute Gasteiger partial charge is 0.472 e. The summed E-state index contributed by atoms with van der Waals surface area (Å²) in [5.74, 6) is 0. The highest BCUT2D eigenvalue weighted by atomic mass is 16.7. The Morgan fingerprint density at radius 1 is 0.462 bits per heavy atom. The highest BCUT2D eigenvalue weighted by Gasteiger charge is 2.63. The van der Waals surface area contributed by atoms with Gasteiger partial charge in [-0.2, -0.15) is 0 Å². The summed E-state index contributed by atoms with van der Waals surface area (Å²) in [5.41, 5.74) is -4.21. The number of hydrogen-bond acceptors (Lipinski definition) is 6. The van der Waals surface area contributed by atoms with Gasteiger partial charge >= 0.3 is 11.3 Å². The molecule has 2 fully saturated rings. The number of nitro groups is 2. The fraction of sp³-hybridized carbons (Fsp3) is 1.00. The summed E-state index contributed by atoms with van der Waals surface area (Å²) >= 11 is 0. The van der Waals surface area contributed by atoms with Gasteiger partial charge in [-0.05, 0) is 25.7 Å². The van der Waals surface area contributed by atoms with E-state index in [-0.39, 0.29) is 35.4 Å². The van der Waals surface area contributed by atoms with Gasteiger partial charge < -0.3 is 10.4 Å². The van der Waals surface area contributed by atoms with E-state index in [1.54, 1.807) is 0 Å². The van der Waals surface area contributed by atoms with Crippen LogP contribution in [0.15, 0.2) is 0 Å². The summed E-state index contributed by atoms with van der Waals surface area (Å²) in [6, 6.07) is 0. The van der Waals surface area contributed by atoms with E-state index < -0.39 is 21.2 Å². The van der Waals surface area contributed by atoms with Gasteiger partial charge in [0.25, 0.3) is 0 Å². The standard InChI is InChI=1S/C16H28N4O6/c21-17(15(19(23)24)11-7-3-1-4-8-12-15)18(22)16(20(25)26)13-9-5-2-6-10-14-16/h1-14H2/b18-17+. The molecule has 0 amide bonds. The van der Waals surface area contributed by atoms with Gasteiger partial charge in [0.2, 0.25) is 0 Å². The lowest BCUT2D eigenvalue weighted by Crippen LogP contribution is -2.57. The number of hydrogen-bond donors (Lipinski definition) is 0. The normalized spacial score (nSPS) is 24.9. The van der Waals surface area contributed by atoms with Crippen LogP contribution in [0.1, 0.15) is 89.9 Å². The van der Waals surface area contributed by atoms with Crippen molar-refractivity contribution >= 4 is 0 Å². The molecule has 0 saturated heterocycles. The topological polar surface area (TPSA) is 138 Å². The summed E-state index contributed by atoms with van der Waals surface area (Å²) in [6.45, 7) is 0. The Hall–Kier alpha value is -2.00. The van der Waals surface area contributed by atoms with E-state index >= 15 is 0 Å². The van der Waals surface area contributed by atoms with Gasteiger partial charge in [0.1, 0.15) is 19.6 Å². The van der Waals surface area contributed by atoms with Crippen LogP contribution < -0.4 is 0 Å². The van der Waals surface area contributed by atoms with Gasteiger partial charge in [-0.3, -0.25) is 20.2 Å². The van der Waals surface area contributed by atoms with Crippen molar-refractivity contribution in [1.29, 1.82) is 0 Å². The Bertz CT molecular complexity index is 501. The minimum atomic E-state index is -2.10. The lowest BCUT2D eigenvalue weighted by atomic mass is 9.91. The van der Waals surface area contributed by atoms with E-state index in [9.17, 15) is 30.6 Å². The van der Waals surface area contributed by atoms with E-state index in [0.717, 1.165) is 38.5 Å². The maximum absolute atomic E-state index is 12.9. The fourth-order valence-corrected chi connectivity index (χ4v) is 4.17. The molecule has 0 N–H and O–H groups in total. The lowest BCUT2D eigenvalue weighted by molar-refractivity contribution is -1.11. The quantitative estimate of drug-likeness (QED) is 0.241. The zero-order valence-corrected chi connectivity index (χ0v) is 15.1. The molecular weight excluding hydrogens is 344 g/mol. The highest BCUT2D eigenvalue weighted by Crippen LogP contribution is 2.34. The Kier molecular flexibility index (Phi) is 6.71. The summed E-state index contributed by atoms with van der Waals surface area (Å²) in [5, 5.41) is 49.4. The first-order valence-electron chi connectivity index (χ1n) is 9.60. The van der Waals surface area contributed by atoms with Crippen LogP contribution >= 0.6 is 0 Å². The summed E-state index contributed by atoms with van der Waals surface area (Å²) in [4.78, 5) is 21.8. The second kappa shape index (κ2) is 8.59. The number of azo groups is 1. The van der Waals surface area contributed by atoms with Crippen LogP contribution in [-0.2, 0) is 0 Å². The average Bonchev–Trinajstić information content (AvgIpc) is 2.53. The molecular formula is C16H28N4O6. The molecule has 2 aliphatic carbocycles. The average molecular weight is 372 g/mol. The van der Waals surface area contributed by atoms with Crippen molar-refractivity contribution in [3.63, 3.8) is 0 Å². The largest absolute Gasteiger partial charge is 0.561 e. The molecule has 0 radical (unpaired) electrons. The summed E-state index contributed by atoms with van der Waals surface area (Å²) in [6.07, 6.45) is 6.48. The van der Waals surface area contributed by atoms with E-state index in [2.05, 4.69) is 0 Å². The molecule has 0 atom stereocenters. The van der Waals surface area contributed by atoms with Crippen molar-refractivity contribution in [3.8, 4) is 0 Å².